The Balaban J connectivity index is 1.91. The van der Waals surface area contributed by atoms with Crippen molar-refractivity contribution in [3.05, 3.63) is 40.3 Å². The molecule has 1 aliphatic rings. The van der Waals surface area contributed by atoms with Crippen LogP contribution in [0.25, 0.3) is 10.8 Å². The minimum absolute atomic E-state index is 0.100. The molecule has 0 bridgehead atoms. The van der Waals surface area contributed by atoms with E-state index in [1.807, 2.05) is 26.0 Å². The van der Waals surface area contributed by atoms with E-state index in [-0.39, 0.29) is 22.8 Å². The number of benzene rings is 1. The fourth-order valence-corrected chi connectivity index (χ4v) is 3.46. The quantitative estimate of drug-likeness (QED) is 0.861. The summed E-state index contributed by atoms with van der Waals surface area (Å²) in [5, 5.41) is 12.0. The number of hydrogen-bond acceptors (Lipinski definition) is 4. The van der Waals surface area contributed by atoms with Gasteiger partial charge in [-0.1, -0.05) is 39.0 Å². The second kappa shape index (κ2) is 7.58. The summed E-state index contributed by atoms with van der Waals surface area (Å²) < 4.78 is 1.42. The molecule has 2 aromatic rings. The Hall–Kier alpha value is -2.21. The predicted octanol–water partition coefficient (Wildman–Crippen LogP) is 2.17. The third-order valence-corrected chi connectivity index (χ3v) is 5.11. The smallest absolute Gasteiger partial charge is 0.274 e. The van der Waals surface area contributed by atoms with E-state index in [1.165, 1.54) is 4.68 Å². The van der Waals surface area contributed by atoms with Crippen molar-refractivity contribution in [2.24, 2.45) is 11.3 Å². The zero-order valence-electron chi connectivity index (χ0n) is 15.8. The molecule has 26 heavy (non-hydrogen) atoms. The van der Waals surface area contributed by atoms with Crippen molar-refractivity contribution in [3.63, 3.8) is 0 Å². The van der Waals surface area contributed by atoms with Crippen LogP contribution in [0.2, 0.25) is 0 Å². The van der Waals surface area contributed by atoms with Gasteiger partial charge in [-0.05, 0) is 43.3 Å². The van der Waals surface area contributed by atoms with Crippen molar-refractivity contribution in [1.82, 2.24) is 20.4 Å². The molecule has 1 fully saturated rings. The highest BCUT2D eigenvalue weighted by molar-refractivity contribution is 6.04. The summed E-state index contributed by atoms with van der Waals surface area (Å²) >= 11 is 0. The molecule has 0 atom stereocenters. The Bertz CT molecular complexity index is 851. The minimum atomic E-state index is -0.210. The number of amides is 1. The van der Waals surface area contributed by atoms with Gasteiger partial charge in [-0.3, -0.25) is 9.59 Å². The van der Waals surface area contributed by atoms with E-state index in [0.29, 0.717) is 29.6 Å². The van der Waals surface area contributed by atoms with Crippen LogP contribution in [0.5, 0.6) is 0 Å². The fraction of sp³-hybridized carbons (Fsp3) is 0.550. The van der Waals surface area contributed by atoms with Gasteiger partial charge in [0.2, 0.25) is 0 Å². The van der Waals surface area contributed by atoms with Crippen molar-refractivity contribution in [2.75, 3.05) is 19.6 Å². The molecule has 0 unspecified atom stereocenters. The molecule has 0 aliphatic carbocycles. The lowest BCUT2D eigenvalue weighted by Crippen LogP contribution is -2.43. The average molecular weight is 356 g/mol. The summed E-state index contributed by atoms with van der Waals surface area (Å²) in [6.45, 7) is 9.33. The van der Waals surface area contributed by atoms with E-state index >= 15 is 0 Å². The van der Waals surface area contributed by atoms with E-state index in [4.69, 9.17) is 0 Å². The van der Waals surface area contributed by atoms with Crippen molar-refractivity contribution in [2.45, 2.75) is 40.2 Å². The molecular weight excluding hydrogens is 328 g/mol. The number of fused-ring (bicyclic) bond motifs is 1. The molecule has 1 amide bonds. The number of piperidine rings is 1. The first-order valence-electron chi connectivity index (χ1n) is 9.38. The summed E-state index contributed by atoms with van der Waals surface area (Å²) in [5.74, 6) is 0.0596. The van der Waals surface area contributed by atoms with Crippen LogP contribution in [-0.4, -0.2) is 35.3 Å². The van der Waals surface area contributed by atoms with Crippen LogP contribution in [0, 0.1) is 11.3 Å². The van der Waals surface area contributed by atoms with Crippen LogP contribution in [-0.2, 0) is 6.54 Å². The summed E-state index contributed by atoms with van der Waals surface area (Å²) in [7, 11) is 0. The van der Waals surface area contributed by atoms with Gasteiger partial charge >= 0.3 is 0 Å². The zero-order chi connectivity index (χ0) is 18.7. The number of carbonyl (C=O) groups is 1. The van der Waals surface area contributed by atoms with Gasteiger partial charge in [-0.15, -0.1) is 0 Å². The number of nitrogens with one attached hydrogen (secondary N) is 2. The largest absolute Gasteiger partial charge is 0.350 e. The third kappa shape index (κ3) is 3.96. The second-order valence-electron chi connectivity index (χ2n) is 8.02. The summed E-state index contributed by atoms with van der Waals surface area (Å²) in [5.41, 5.74) is 0.290. The van der Waals surface area contributed by atoms with Crippen molar-refractivity contribution >= 4 is 16.7 Å². The monoisotopic (exact) mass is 356 g/mol. The summed E-state index contributed by atoms with van der Waals surface area (Å²) in [6, 6.07) is 7.22. The van der Waals surface area contributed by atoms with Crippen molar-refractivity contribution in [3.8, 4) is 0 Å². The van der Waals surface area contributed by atoms with Crippen LogP contribution >= 0.6 is 0 Å². The van der Waals surface area contributed by atoms with E-state index < -0.39 is 0 Å². The molecule has 0 saturated carbocycles. The maximum atomic E-state index is 12.9. The van der Waals surface area contributed by atoms with Crippen LogP contribution in [0.4, 0.5) is 0 Å². The average Bonchev–Trinajstić information content (AvgIpc) is 2.62. The zero-order valence-corrected chi connectivity index (χ0v) is 15.8. The third-order valence-electron chi connectivity index (χ3n) is 5.11. The molecule has 1 aromatic carbocycles. The van der Waals surface area contributed by atoms with Crippen molar-refractivity contribution in [1.29, 1.82) is 0 Å². The van der Waals surface area contributed by atoms with Gasteiger partial charge in [0.25, 0.3) is 11.5 Å². The van der Waals surface area contributed by atoms with Gasteiger partial charge in [0, 0.05) is 18.5 Å². The fourth-order valence-electron chi connectivity index (χ4n) is 3.46. The number of nitrogens with zero attached hydrogens (tertiary/aromatic N) is 2. The van der Waals surface area contributed by atoms with Crippen LogP contribution in [0.3, 0.4) is 0 Å². The van der Waals surface area contributed by atoms with Crippen LogP contribution < -0.4 is 16.2 Å². The van der Waals surface area contributed by atoms with Crippen molar-refractivity contribution < 1.29 is 4.79 Å². The highest BCUT2D eigenvalue weighted by atomic mass is 16.2. The Labute approximate surface area is 154 Å². The standard InChI is InChI=1S/C20H28N4O2/c1-14(2)12-24-19(26)16-7-5-4-6-15(16)17(23-24)18(25)22-13-20(3)8-10-21-11-9-20/h4-7,14,21H,8-13H2,1-3H3,(H,22,25). The Morgan fingerprint density at radius 3 is 2.58 bits per heavy atom. The molecule has 3 rings (SSSR count). The number of rotatable bonds is 5. The van der Waals surface area contributed by atoms with Gasteiger partial charge in [-0.25, -0.2) is 4.68 Å². The van der Waals surface area contributed by atoms with Crippen LogP contribution in [0.15, 0.2) is 29.1 Å². The highest BCUT2D eigenvalue weighted by Crippen LogP contribution is 2.26. The summed E-state index contributed by atoms with van der Waals surface area (Å²) in [4.78, 5) is 25.5. The normalized spacial score (nSPS) is 16.8. The lowest BCUT2D eigenvalue weighted by molar-refractivity contribution is 0.0916. The molecule has 2 heterocycles. The van der Waals surface area contributed by atoms with E-state index in [2.05, 4.69) is 22.7 Å². The molecule has 6 heteroatoms. The minimum Gasteiger partial charge on any atom is -0.350 e. The lowest BCUT2D eigenvalue weighted by Gasteiger charge is -2.34. The first-order chi connectivity index (χ1) is 12.4. The highest BCUT2D eigenvalue weighted by Gasteiger charge is 2.28. The van der Waals surface area contributed by atoms with E-state index in [1.54, 1.807) is 12.1 Å². The SMILES string of the molecule is CC(C)Cn1nc(C(=O)NCC2(C)CCNCC2)c2ccccc2c1=O. The molecule has 2 N–H and O–H groups in total. The molecule has 1 aromatic heterocycles. The number of carbonyl (C=O) groups excluding carboxylic acids is 1. The van der Waals surface area contributed by atoms with Gasteiger partial charge in [0.15, 0.2) is 5.69 Å². The molecule has 0 radical (unpaired) electrons. The van der Waals surface area contributed by atoms with Gasteiger partial charge in [0.05, 0.1) is 5.39 Å². The molecule has 6 nitrogen and oxygen atoms in total. The Kier molecular flexibility index (Phi) is 5.41. The van der Waals surface area contributed by atoms with Gasteiger partial charge in [0.1, 0.15) is 0 Å². The van der Waals surface area contributed by atoms with Gasteiger partial charge < -0.3 is 10.6 Å². The summed E-state index contributed by atoms with van der Waals surface area (Å²) in [6.07, 6.45) is 2.07. The lowest BCUT2D eigenvalue weighted by atomic mass is 9.81. The topological polar surface area (TPSA) is 76.0 Å². The Morgan fingerprint density at radius 1 is 1.27 bits per heavy atom. The molecular formula is C20H28N4O2. The second-order valence-corrected chi connectivity index (χ2v) is 8.02. The first-order valence-corrected chi connectivity index (χ1v) is 9.38. The Morgan fingerprint density at radius 2 is 1.92 bits per heavy atom. The van der Waals surface area contributed by atoms with E-state index in [0.717, 1.165) is 25.9 Å². The number of aromatic nitrogens is 2. The number of hydrogen-bond donors (Lipinski definition) is 2. The van der Waals surface area contributed by atoms with Gasteiger partial charge in [-0.2, -0.15) is 5.10 Å². The van der Waals surface area contributed by atoms with Crippen LogP contribution in [0.1, 0.15) is 44.1 Å². The molecule has 1 aliphatic heterocycles. The maximum Gasteiger partial charge on any atom is 0.274 e. The van der Waals surface area contributed by atoms with E-state index in [9.17, 15) is 9.59 Å². The predicted molar refractivity (Wildman–Crippen MR) is 103 cm³/mol. The molecule has 0 spiro atoms. The first kappa shape index (κ1) is 18.6. The maximum absolute atomic E-state index is 12.9. The molecule has 1 saturated heterocycles. The molecule has 140 valence electrons.